The average molecular weight is 257 g/mol. The summed E-state index contributed by atoms with van der Waals surface area (Å²) in [6.07, 6.45) is 1.08. The fourth-order valence-electron chi connectivity index (χ4n) is 2.57. The lowest BCUT2D eigenvalue weighted by Crippen LogP contribution is -2.48. The molecular formula is C16H19NO2. The summed E-state index contributed by atoms with van der Waals surface area (Å²) in [5.74, 6) is 0.912. The van der Waals surface area contributed by atoms with Gasteiger partial charge in [-0.25, -0.2) is 0 Å². The van der Waals surface area contributed by atoms with Gasteiger partial charge in [0.25, 0.3) is 0 Å². The Hall–Kier alpha value is -1.58. The molecule has 2 aromatic rings. The van der Waals surface area contributed by atoms with Crippen molar-refractivity contribution in [2.45, 2.75) is 18.6 Å². The molecule has 0 spiro atoms. The summed E-state index contributed by atoms with van der Waals surface area (Å²) in [5, 5.41) is 5.75. The van der Waals surface area contributed by atoms with E-state index in [0.29, 0.717) is 12.6 Å². The Bertz CT molecular complexity index is 555. The molecule has 0 saturated carbocycles. The van der Waals surface area contributed by atoms with Gasteiger partial charge in [-0.05, 0) is 36.4 Å². The van der Waals surface area contributed by atoms with Crippen molar-refractivity contribution in [1.29, 1.82) is 0 Å². The van der Waals surface area contributed by atoms with Crippen LogP contribution in [-0.2, 0) is 4.74 Å². The van der Waals surface area contributed by atoms with Crippen molar-refractivity contribution >= 4 is 10.8 Å². The van der Waals surface area contributed by atoms with Crippen LogP contribution in [0.1, 0.15) is 6.42 Å². The topological polar surface area (TPSA) is 30.5 Å². The van der Waals surface area contributed by atoms with Gasteiger partial charge in [-0.2, -0.15) is 0 Å². The molecule has 0 amide bonds. The predicted octanol–water partition coefficient (Wildman–Crippen LogP) is 2.60. The first kappa shape index (κ1) is 12.5. The van der Waals surface area contributed by atoms with E-state index >= 15 is 0 Å². The number of hydrogen-bond acceptors (Lipinski definition) is 3. The minimum absolute atomic E-state index is 0.0833. The van der Waals surface area contributed by atoms with E-state index in [0.717, 1.165) is 18.8 Å². The highest BCUT2D eigenvalue weighted by Gasteiger charge is 2.26. The summed E-state index contributed by atoms with van der Waals surface area (Å²) in [6, 6.07) is 14.9. The molecule has 1 fully saturated rings. The predicted molar refractivity (Wildman–Crippen MR) is 76.6 cm³/mol. The molecule has 2 unspecified atom stereocenters. The molecule has 0 aliphatic carbocycles. The highest BCUT2D eigenvalue weighted by molar-refractivity contribution is 5.83. The fraction of sp³-hybridized carbons (Fsp3) is 0.375. The summed E-state index contributed by atoms with van der Waals surface area (Å²) in [5.41, 5.74) is 0. The zero-order valence-corrected chi connectivity index (χ0v) is 11.1. The fourth-order valence-corrected chi connectivity index (χ4v) is 2.57. The molecule has 1 aliphatic heterocycles. The van der Waals surface area contributed by atoms with E-state index in [4.69, 9.17) is 9.47 Å². The van der Waals surface area contributed by atoms with Crippen molar-refractivity contribution < 1.29 is 9.47 Å². The van der Waals surface area contributed by atoms with Gasteiger partial charge in [0.1, 0.15) is 11.9 Å². The first-order valence-corrected chi connectivity index (χ1v) is 6.77. The van der Waals surface area contributed by atoms with Crippen molar-refractivity contribution in [3.63, 3.8) is 0 Å². The van der Waals surface area contributed by atoms with Crippen LogP contribution in [0.3, 0.4) is 0 Å². The monoisotopic (exact) mass is 257 g/mol. The molecule has 0 radical (unpaired) electrons. The minimum Gasteiger partial charge on any atom is -0.486 e. The molecule has 1 saturated heterocycles. The zero-order valence-electron chi connectivity index (χ0n) is 11.1. The van der Waals surface area contributed by atoms with Gasteiger partial charge in [-0.1, -0.05) is 30.3 Å². The summed E-state index contributed by atoms with van der Waals surface area (Å²) >= 11 is 0. The Morgan fingerprint density at radius 2 is 2.00 bits per heavy atom. The molecule has 3 nitrogen and oxygen atoms in total. The third-order valence-electron chi connectivity index (χ3n) is 3.68. The maximum Gasteiger partial charge on any atom is 0.137 e. The smallest absolute Gasteiger partial charge is 0.137 e. The number of fused-ring (bicyclic) bond motifs is 1. The normalized spacial score (nSPS) is 23.4. The quantitative estimate of drug-likeness (QED) is 0.916. The van der Waals surface area contributed by atoms with Crippen LogP contribution in [0, 0.1) is 0 Å². The highest BCUT2D eigenvalue weighted by Crippen LogP contribution is 2.23. The number of rotatable bonds is 3. The van der Waals surface area contributed by atoms with Crippen molar-refractivity contribution in [2.75, 3.05) is 20.3 Å². The standard InChI is InChI=1S/C16H19NO2/c1-17-15-8-9-18-11-16(15)19-14-7-6-12-4-2-3-5-13(12)10-14/h2-7,10,15-17H,8-9,11H2,1H3. The third-order valence-corrected chi connectivity index (χ3v) is 3.68. The van der Waals surface area contributed by atoms with Crippen molar-refractivity contribution in [3.05, 3.63) is 42.5 Å². The van der Waals surface area contributed by atoms with Crippen LogP contribution in [-0.4, -0.2) is 32.4 Å². The Morgan fingerprint density at radius 1 is 1.16 bits per heavy atom. The van der Waals surface area contributed by atoms with Gasteiger partial charge in [-0.15, -0.1) is 0 Å². The van der Waals surface area contributed by atoms with Gasteiger partial charge in [0.2, 0.25) is 0 Å². The van der Waals surface area contributed by atoms with E-state index in [1.54, 1.807) is 0 Å². The molecule has 19 heavy (non-hydrogen) atoms. The molecule has 3 heteroatoms. The molecule has 1 aliphatic rings. The van der Waals surface area contributed by atoms with Crippen LogP contribution in [0.2, 0.25) is 0 Å². The maximum atomic E-state index is 6.08. The van der Waals surface area contributed by atoms with Gasteiger partial charge in [0.15, 0.2) is 0 Å². The van der Waals surface area contributed by atoms with E-state index in [9.17, 15) is 0 Å². The van der Waals surface area contributed by atoms with Gasteiger partial charge in [0.05, 0.1) is 6.61 Å². The van der Waals surface area contributed by atoms with Gasteiger partial charge < -0.3 is 14.8 Å². The number of ether oxygens (including phenoxy) is 2. The molecule has 3 rings (SSSR count). The first-order chi connectivity index (χ1) is 9.36. The molecule has 0 aromatic heterocycles. The lowest BCUT2D eigenvalue weighted by atomic mass is 10.1. The van der Waals surface area contributed by atoms with Crippen LogP contribution in [0.15, 0.2) is 42.5 Å². The summed E-state index contributed by atoms with van der Waals surface area (Å²) in [6.45, 7) is 1.46. The van der Waals surface area contributed by atoms with E-state index in [2.05, 4.69) is 35.6 Å². The van der Waals surface area contributed by atoms with Crippen molar-refractivity contribution in [2.24, 2.45) is 0 Å². The van der Waals surface area contributed by atoms with E-state index in [1.807, 2.05) is 19.2 Å². The lowest BCUT2D eigenvalue weighted by molar-refractivity contribution is -0.0128. The Morgan fingerprint density at radius 3 is 2.84 bits per heavy atom. The Kier molecular flexibility index (Phi) is 3.67. The molecule has 1 N–H and O–H groups in total. The van der Waals surface area contributed by atoms with Crippen LogP contribution < -0.4 is 10.1 Å². The minimum atomic E-state index is 0.0833. The zero-order chi connectivity index (χ0) is 13.1. The molecule has 2 atom stereocenters. The largest absolute Gasteiger partial charge is 0.486 e. The van der Waals surface area contributed by atoms with Gasteiger partial charge in [0, 0.05) is 12.6 Å². The highest BCUT2D eigenvalue weighted by atomic mass is 16.5. The van der Waals surface area contributed by atoms with Crippen molar-refractivity contribution in [3.8, 4) is 5.75 Å². The number of likely N-dealkylation sites (N-methyl/N-ethyl adjacent to an activating group) is 1. The van der Waals surface area contributed by atoms with Crippen LogP contribution in [0.25, 0.3) is 10.8 Å². The van der Waals surface area contributed by atoms with E-state index in [-0.39, 0.29) is 6.10 Å². The average Bonchev–Trinajstić information content (AvgIpc) is 2.48. The summed E-state index contributed by atoms with van der Waals surface area (Å²) < 4.78 is 11.6. The SMILES string of the molecule is CNC1CCOCC1Oc1ccc2ccccc2c1. The molecule has 1 heterocycles. The second-order valence-corrected chi connectivity index (χ2v) is 4.92. The second-order valence-electron chi connectivity index (χ2n) is 4.92. The summed E-state index contributed by atoms with van der Waals surface area (Å²) in [7, 11) is 1.98. The van der Waals surface area contributed by atoms with Crippen LogP contribution in [0.5, 0.6) is 5.75 Å². The van der Waals surface area contributed by atoms with Crippen molar-refractivity contribution in [1.82, 2.24) is 5.32 Å². The Balaban J connectivity index is 1.80. The lowest BCUT2D eigenvalue weighted by Gasteiger charge is -2.31. The molecule has 100 valence electrons. The van der Waals surface area contributed by atoms with Crippen LogP contribution >= 0.6 is 0 Å². The van der Waals surface area contributed by atoms with Gasteiger partial charge >= 0.3 is 0 Å². The maximum absolute atomic E-state index is 6.08. The van der Waals surface area contributed by atoms with Crippen LogP contribution in [0.4, 0.5) is 0 Å². The third kappa shape index (κ3) is 2.72. The number of nitrogens with one attached hydrogen (secondary N) is 1. The summed E-state index contributed by atoms with van der Waals surface area (Å²) in [4.78, 5) is 0. The Labute approximate surface area is 113 Å². The first-order valence-electron chi connectivity index (χ1n) is 6.77. The van der Waals surface area contributed by atoms with E-state index in [1.165, 1.54) is 10.8 Å². The molecule has 2 aromatic carbocycles. The molecular weight excluding hydrogens is 238 g/mol. The number of benzene rings is 2. The van der Waals surface area contributed by atoms with Gasteiger partial charge in [-0.3, -0.25) is 0 Å². The van der Waals surface area contributed by atoms with E-state index < -0.39 is 0 Å². The second kappa shape index (κ2) is 5.59. The number of hydrogen-bond donors (Lipinski definition) is 1. The molecule has 0 bridgehead atoms.